The SMILES string of the molecule is CC1(C)[C@@H]2CC[C@@]1(C)[C@H](c1cc(C=O)cc([C@@H]3C[C@H]4CC[C@]3(C)C4(C)C)c1OC(=O)[C@@]13CC[C@@](C)(C(=O)O1)C3(C)C)C2. The molecule has 0 amide bonds. The Kier molecular flexibility index (Phi) is 5.51. The molecule has 0 N–H and O–H groups in total. The molecule has 5 aliphatic carbocycles. The summed E-state index contributed by atoms with van der Waals surface area (Å²) in [6, 6.07) is 4.05. The highest BCUT2D eigenvalue weighted by atomic mass is 16.6. The van der Waals surface area contributed by atoms with Crippen LogP contribution in [0.25, 0.3) is 0 Å². The number of rotatable bonds is 5. The molecule has 6 aliphatic rings. The lowest BCUT2D eigenvalue weighted by molar-refractivity contribution is -0.176. The van der Waals surface area contributed by atoms with Crippen molar-refractivity contribution in [3.63, 3.8) is 0 Å². The lowest BCUT2D eigenvalue weighted by Gasteiger charge is -2.42. The molecule has 5 heteroatoms. The molecule has 0 radical (unpaired) electrons. The average molecular weight is 575 g/mol. The summed E-state index contributed by atoms with van der Waals surface area (Å²) in [5.74, 6) is 1.51. The number of hydrogen-bond donors (Lipinski definition) is 0. The summed E-state index contributed by atoms with van der Waals surface area (Å²) in [5, 5.41) is 0. The quantitative estimate of drug-likeness (QED) is 0.201. The summed E-state index contributed by atoms with van der Waals surface area (Å²) in [7, 11) is 0. The zero-order valence-corrected chi connectivity index (χ0v) is 27.2. The number of carbonyl (C=O) groups is 3. The number of aldehydes is 1. The molecule has 0 unspecified atom stereocenters. The molecule has 8 atom stereocenters. The molecule has 5 saturated carbocycles. The van der Waals surface area contributed by atoms with Gasteiger partial charge in [0, 0.05) is 11.0 Å². The minimum atomic E-state index is -1.30. The van der Waals surface area contributed by atoms with Crippen LogP contribution in [0.4, 0.5) is 0 Å². The van der Waals surface area contributed by atoms with Gasteiger partial charge in [0.15, 0.2) is 0 Å². The van der Waals surface area contributed by atoms with Crippen molar-refractivity contribution in [2.75, 3.05) is 0 Å². The summed E-state index contributed by atoms with van der Waals surface area (Å²) in [6.07, 6.45) is 8.85. The van der Waals surface area contributed by atoms with Crippen molar-refractivity contribution in [1.82, 2.24) is 0 Å². The van der Waals surface area contributed by atoms with Gasteiger partial charge in [0.05, 0.1) is 5.41 Å². The second-order valence-corrected chi connectivity index (χ2v) is 17.5. The lowest BCUT2D eigenvalue weighted by Crippen LogP contribution is -2.50. The Morgan fingerprint density at radius 3 is 1.64 bits per heavy atom. The number of esters is 2. The van der Waals surface area contributed by atoms with Crippen LogP contribution in [-0.2, 0) is 14.3 Å². The Morgan fingerprint density at radius 2 is 1.31 bits per heavy atom. The summed E-state index contributed by atoms with van der Waals surface area (Å²) >= 11 is 0. The van der Waals surface area contributed by atoms with Crippen LogP contribution in [0.2, 0.25) is 0 Å². The molecule has 1 aromatic carbocycles. The van der Waals surface area contributed by atoms with Crippen molar-refractivity contribution in [3.8, 4) is 5.75 Å². The third-order valence-electron chi connectivity index (χ3n) is 16.3. The summed E-state index contributed by atoms with van der Waals surface area (Å²) in [6.45, 7) is 20.3. The van der Waals surface area contributed by atoms with Gasteiger partial charge in [-0.15, -0.1) is 0 Å². The topological polar surface area (TPSA) is 69.7 Å². The summed E-state index contributed by atoms with van der Waals surface area (Å²) < 4.78 is 12.8. The van der Waals surface area contributed by atoms with Crippen LogP contribution in [0.1, 0.15) is 147 Å². The van der Waals surface area contributed by atoms with Gasteiger partial charge in [0.25, 0.3) is 0 Å². The van der Waals surface area contributed by atoms with Crippen molar-refractivity contribution in [3.05, 3.63) is 28.8 Å². The molecule has 1 aromatic rings. The van der Waals surface area contributed by atoms with Gasteiger partial charge in [-0.05, 0) is 127 Å². The van der Waals surface area contributed by atoms with E-state index >= 15 is 0 Å². The molecule has 1 aliphatic heterocycles. The molecule has 7 rings (SSSR count). The first kappa shape index (κ1) is 28.6. The van der Waals surface area contributed by atoms with Crippen LogP contribution in [0, 0.1) is 44.3 Å². The number of carbonyl (C=O) groups excluding carboxylic acids is 3. The van der Waals surface area contributed by atoms with Gasteiger partial charge in [-0.3, -0.25) is 9.59 Å². The van der Waals surface area contributed by atoms with Gasteiger partial charge in [0.1, 0.15) is 12.0 Å². The molecule has 6 bridgehead atoms. The van der Waals surface area contributed by atoms with Crippen LogP contribution >= 0.6 is 0 Å². The van der Waals surface area contributed by atoms with E-state index in [1.54, 1.807) is 0 Å². The average Bonchev–Trinajstić information content (AvgIpc) is 3.56. The second-order valence-electron chi connectivity index (χ2n) is 17.5. The first-order chi connectivity index (χ1) is 19.4. The van der Waals surface area contributed by atoms with Gasteiger partial charge in [0.2, 0.25) is 5.60 Å². The summed E-state index contributed by atoms with van der Waals surface area (Å²) in [4.78, 5) is 40.2. The number of benzene rings is 1. The minimum Gasteiger partial charge on any atom is -0.446 e. The third-order valence-corrected chi connectivity index (χ3v) is 16.3. The van der Waals surface area contributed by atoms with Gasteiger partial charge >= 0.3 is 11.9 Å². The van der Waals surface area contributed by atoms with Gasteiger partial charge < -0.3 is 9.47 Å². The lowest BCUT2D eigenvalue weighted by atomic mass is 9.63. The number of ether oxygens (including phenoxy) is 2. The number of fused-ring (bicyclic) bond motifs is 6. The smallest absolute Gasteiger partial charge is 0.356 e. The van der Waals surface area contributed by atoms with Crippen molar-refractivity contribution in [2.45, 2.75) is 131 Å². The van der Waals surface area contributed by atoms with Crippen molar-refractivity contribution in [1.29, 1.82) is 0 Å². The number of hydrogen-bond acceptors (Lipinski definition) is 5. The maximum Gasteiger partial charge on any atom is 0.356 e. The van der Waals surface area contributed by atoms with E-state index in [2.05, 4.69) is 41.5 Å². The molecular formula is C37H50O5. The van der Waals surface area contributed by atoms with Crippen LogP contribution < -0.4 is 4.74 Å². The first-order valence-corrected chi connectivity index (χ1v) is 16.5. The maximum atomic E-state index is 14.6. The Labute approximate surface area is 251 Å². The molecule has 228 valence electrons. The van der Waals surface area contributed by atoms with E-state index in [4.69, 9.17) is 9.47 Å². The standard InChI is InChI=1S/C37H50O5/c1-31(2)22-10-12-34(31,7)26(18-22)24-16-21(20-38)17-25(27-19-23-11-13-35(27,8)32(23,3)4)28(24)41-30(40)37-15-14-36(9,29(39)42-37)33(37,5)6/h16-17,20,22-23,26-27H,10-15,18-19H2,1-9H3/t22-,23-,26+,27+,34+,35+,36+,37-/m1/s1. The maximum absolute atomic E-state index is 14.6. The highest BCUT2D eigenvalue weighted by Crippen LogP contribution is 2.74. The Bertz CT molecular complexity index is 1350. The highest BCUT2D eigenvalue weighted by Gasteiger charge is 2.77. The largest absolute Gasteiger partial charge is 0.446 e. The molecule has 0 spiro atoms. The van der Waals surface area contributed by atoms with E-state index in [1.807, 2.05) is 32.9 Å². The fourth-order valence-corrected chi connectivity index (χ4v) is 11.6. The third kappa shape index (κ3) is 2.95. The molecule has 42 heavy (non-hydrogen) atoms. The Hall–Kier alpha value is -2.17. The van der Waals surface area contributed by atoms with Gasteiger partial charge in [-0.25, -0.2) is 4.79 Å². The predicted octanol–water partition coefficient (Wildman–Crippen LogP) is 8.39. The summed E-state index contributed by atoms with van der Waals surface area (Å²) in [5.41, 5.74) is 0.420. The van der Waals surface area contributed by atoms with E-state index in [0.717, 1.165) is 43.1 Å². The fourth-order valence-electron chi connectivity index (χ4n) is 11.6. The normalized spacial score (nSPS) is 44.9. The van der Waals surface area contributed by atoms with Crippen LogP contribution in [-0.4, -0.2) is 23.8 Å². The molecule has 0 aromatic heterocycles. The van der Waals surface area contributed by atoms with Crippen molar-refractivity contribution >= 4 is 18.2 Å². The van der Waals surface area contributed by atoms with Gasteiger partial charge in [-0.1, -0.05) is 55.4 Å². The molecule has 1 heterocycles. The zero-order valence-electron chi connectivity index (χ0n) is 27.2. The van der Waals surface area contributed by atoms with Crippen molar-refractivity contribution < 1.29 is 23.9 Å². The Morgan fingerprint density at radius 1 is 0.810 bits per heavy atom. The van der Waals surface area contributed by atoms with Crippen molar-refractivity contribution in [2.24, 2.45) is 44.3 Å². The van der Waals surface area contributed by atoms with Crippen LogP contribution in [0.3, 0.4) is 0 Å². The zero-order chi connectivity index (χ0) is 30.5. The monoisotopic (exact) mass is 574 g/mol. The van der Waals surface area contributed by atoms with E-state index in [-0.39, 0.29) is 39.5 Å². The van der Waals surface area contributed by atoms with E-state index < -0.39 is 22.4 Å². The van der Waals surface area contributed by atoms with E-state index in [9.17, 15) is 14.4 Å². The first-order valence-electron chi connectivity index (χ1n) is 16.5. The second kappa shape index (κ2) is 8.10. The fraction of sp³-hybridized carbons (Fsp3) is 0.757. The van der Waals surface area contributed by atoms with E-state index in [0.29, 0.717) is 36.0 Å². The molecule has 6 fully saturated rings. The molecular weight excluding hydrogens is 524 g/mol. The molecule has 5 nitrogen and oxygen atoms in total. The highest BCUT2D eigenvalue weighted by molar-refractivity contribution is 5.95. The van der Waals surface area contributed by atoms with Crippen LogP contribution in [0.15, 0.2) is 12.1 Å². The minimum absolute atomic E-state index is 0.0404. The van der Waals surface area contributed by atoms with E-state index in [1.165, 1.54) is 12.8 Å². The van der Waals surface area contributed by atoms with Crippen LogP contribution in [0.5, 0.6) is 5.75 Å². The Balaban J connectivity index is 1.41. The van der Waals surface area contributed by atoms with Gasteiger partial charge in [-0.2, -0.15) is 0 Å². The predicted molar refractivity (Wildman–Crippen MR) is 161 cm³/mol. The molecule has 1 saturated heterocycles.